The van der Waals surface area contributed by atoms with Gasteiger partial charge < -0.3 is 25.4 Å². The van der Waals surface area contributed by atoms with E-state index in [1.807, 2.05) is 75.4 Å². The van der Waals surface area contributed by atoms with E-state index in [1.165, 1.54) is 4.90 Å². The maximum atomic E-state index is 15.9. The molecule has 7 nitrogen and oxygen atoms in total. The molecule has 3 aromatic carbocycles. The van der Waals surface area contributed by atoms with Crippen molar-refractivity contribution in [2.24, 2.45) is 0 Å². The van der Waals surface area contributed by atoms with Gasteiger partial charge in [-0.05, 0) is 74.1 Å². The van der Waals surface area contributed by atoms with Crippen LogP contribution < -0.4 is 20.3 Å². The number of ether oxygens (including phenoxy) is 1. The summed E-state index contributed by atoms with van der Waals surface area (Å²) in [6, 6.07) is 19.8. The van der Waals surface area contributed by atoms with Crippen molar-refractivity contribution in [3.8, 4) is 5.75 Å². The Hall–Kier alpha value is -3.75. The van der Waals surface area contributed by atoms with Gasteiger partial charge in [0.2, 0.25) is 5.91 Å². The number of amides is 2. The number of carbonyl (C=O) groups is 2. The molecule has 0 saturated carbocycles. The molecule has 1 aliphatic rings. The van der Waals surface area contributed by atoms with Gasteiger partial charge in [-0.1, -0.05) is 55.8 Å². The minimum Gasteiger partial charge on any atom is -0.497 e. The fraction of sp³-hybridized carbons (Fsp3) is 0.412. The van der Waals surface area contributed by atoms with Crippen LogP contribution in [0.5, 0.6) is 5.75 Å². The molecule has 3 N–H and O–H groups in total. The molecule has 2 amide bonds. The SMILES string of the molecule is CCCc1cc(C(=O)N[C@@H](Cc2ccccc2)[C@@H](O)CNC(C)(C)c2cccc(OC)c2)c(F)c(N2CCCC2=O)c1. The topological polar surface area (TPSA) is 90.9 Å². The van der Waals surface area contributed by atoms with E-state index in [-0.39, 0.29) is 23.7 Å². The van der Waals surface area contributed by atoms with E-state index in [1.54, 1.807) is 19.2 Å². The largest absolute Gasteiger partial charge is 0.497 e. The number of nitrogens with zero attached hydrogens (tertiary/aromatic N) is 1. The molecule has 1 saturated heterocycles. The van der Waals surface area contributed by atoms with Crippen LogP contribution in [0.1, 0.15) is 67.1 Å². The monoisotopic (exact) mass is 575 g/mol. The summed E-state index contributed by atoms with van der Waals surface area (Å²) in [5.41, 5.74) is 2.23. The zero-order chi connectivity index (χ0) is 30.3. The molecular weight excluding hydrogens is 533 g/mol. The summed E-state index contributed by atoms with van der Waals surface area (Å²) in [6.45, 7) is 6.63. The molecule has 1 fully saturated rings. The van der Waals surface area contributed by atoms with Crippen LogP contribution in [-0.2, 0) is 23.2 Å². The first-order valence-corrected chi connectivity index (χ1v) is 14.7. The highest BCUT2D eigenvalue weighted by molar-refractivity contribution is 6.00. The van der Waals surface area contributed by atoms with E-state index in [4.69, 9.17) is 4.74 Å². The number of halogens is 1. The summed E-state index contributed by atoms with van der Waals surface area (Å²) >= 11 is 0. The Morgan fingerprint density at radius 1 is 1.10 bits per heavy atom. The summed E-state index contributed by atoms with van der Waals surface area (Å²) < 4.78 is 21.2. The molecule has 0 radical (unpaired) electrons. The minimum atomic E-state index is -0.986. The van der Waals surface area contributed by atoms with Gasteiger partial charge >= 0.3 is 0 Å². The van der Waals surface area contributed by atoms with Crippen molar-refractivity contribution in [2.75, 3.05) is 25.1 Å². The first kappa shape index (κ1) is 31.2. The molecule has 224 valence electrons. The Balaban J connectivity index is 1.58. The summed E-state index contributed by atoms with van der Waals surface area (Å²) in [6.07, 6.45) is 1.84. The lowest BCUT2D eigenvalue weighted by Crippen LogP contribution is -2.51. The zero-order valence-electron chi connectivity index (χ0n) is 25.0. The lowest BCUT2D eigenvalue weighted by molar-refractivity contribution is -0.117. The maximum Gasteiger partial charge on any atom is 0.254 e. The van der Waals surface area contributed by atoms with Crippen LogP contribution >= 0.6 is 0 Å². The number of anilines is 1. The number of aliphatic hydroxyl groups is 1. The highest BCUT2D eigenvalue weighted by Gasteiger charge is 2.30. The standard InChI is InChI=1S/C34H42FN3O4/c1-5-11-24-18-27(32(35)29(20-24)38-17-10-16-31(38)40)33(41)37-28(19-23-12-7-6-8-13-23)30(39)22-36-34(2,3)25-14-9-15-26(21-25)42-4/h6-9,12-15,18,20-21,28,30,36,39H,5,10-11,16-17,19,22H2,1-4H3,(H,37,41)/t28-,30-/m0/s1. The second-order valence-electron chi connectivity index (χ2n) is 11.5. The third kappa shape index (κ3) is 7.55. The first-order valence-electron chi connectivity index (χ1n) is 14.7. The second kappa shape index (κ2) is 13.9. The van der Waals surface area contributed by atoms with E-state index in [9.17, 15) is 14.7 Å². The predicted octanol–water partition coefficient (Wildman–Crippen LogP) is 5.14. The van der Waals surface area contributed by atoms with Crippen molar-refractivity contribution in [2.45, 2.75) is 70.6 Å². The summed E-state index contributed by atoms with van der Waals surface area (Å²) in [4.78, 5) is 27.6. The van der Waals surface area contributed by atoms with E-state index < -0.39 is 29.4 Å². The van der Waals surface area contributed by atoms with Crippen LogP contribution in [0.15, 0.2) is 66.7 Å². The van der Waals surface area contributed by atoms with Crippen LogP contribution in [-0.4, -0.2) is 49.3 Å². The van der Waals surface area contributed by atoms with Gasteiger partial charge in [0.1, 0.15) is 5.75 Å². The summed E-state index contributed by atoms with van der Waals surface area (Å²) in [5.74, 6) is -0.742. The third-order valence-electron chi connectivity index (χ3n) is 7.88. The molecule has 0 aromatic heterocycles. The average Bonchev–Trinajstić information content (AvgIpc) is 3.42. The van der Waals surface area contributed by atoms with Crippen molar-refractivity contribution in [1.29, 1.82) is 0 Å². The molecule has 0 aliphatic carbocycles. The smallest absolute Gasteiger partial charge is 0.254 e. The second-order valence-corrected chi connectivity index (χ2v) is 11.5. The molecule has 42 heavy (non-hydrogen) atoms. The number of methoxy groups -OCH3 is 1. The van der Waals surface area contributed by atoms with E-state index in [2.05, 4.69) is 10.6 Å². The predicted molar refractivity (Wildman–Crippen MR) is 163 cm³/mol. The molecule has 1 aliphatic heterocycles. The van der Waals surface area contributed by atoms with Crippen molar-refractivity contribution in [3.63, 3.8) is 0 Å². The van der Waals surface area contributed by atoms with Crippen LogP contribution in [0.4, 0.5) is 10.1 Å². The Morgan fingerprint density at radius 2 is 1.86 bits per heavy atom. The number of nitrogens with one attached hydrogen (secondary N) is 2. The van der Waals surface area contributed by atoms with Gasteiger partial charge in [0.25, 0.3) is 5.91 Å². The molecule has 0 spiro atoms. The van der Waals surface area contributed by atoms with Crippen molar-refractivity contribution in [3.05, 3.63) is 94.8 Å². The number of aliphatic hydroxyl groups excluding tert-OH is 1. The Bertz CT molecular complexity index is 1380. The number of benzene rings is 3. The van der Waals surface area contributed by atoms with Gasteiger partial charge in [-0.2, -0.15) is 0 Å². The summed E-state index contributed by atoms with van der Waals surface area (Å²) in [5, 5.41) is 17.7. The molecule has 1 heterocycles. The zero-order valence-corrected chi connectivity index (χ0v) is 25.0. The molecule has 0 unspecified atom stereocenters. The lowest BCUT2D eigenvalue weighted by Gasteiger charge is -2.31. The van der Waals surface area contributed by atoms with Crippen molar-refractivity contribution >= 4 is 17.5 Å². The number of carbonyl (C=O) groups excluding carboxylic acids is 2. The van der Waals surface area contributed by atoms with Crippen molar-refractivity contribution < 1.29 is 23.8 Å². The van der Waals surface area contributed by atoms with E-state index in [0.717, 1.165) is 28.9 Å². The van der Waals surface area contributed by atoms with Crippen LogP contribution in [0.2, 0.25) is 0 Å². The number of aryl methyl sites for hydroxylation is 1. The Labute approximate surface area is 248 Å². The first-order chi connectivity index (χ1) is 20.1. The molecule has 4 rings (SSSR count). The van der Waals surface area contributed by atoms with Crippen LogP contribution in [0.3, 0.4) is 0 Å². The normalized spacial score (nSPS) is 15.0. The highest BCUT2D eigenvalue weighted by Crippen LogP contribution is 2.29. The van der Waals surface area contributed by atoms with Crippen LogP contribution in [0.25, 0.3) is 0 Å². The van der Waals surface area contributed by atoms with Crippen LogP contribution in [0, 0.1) is 5.82 Å². The fourth-order valence-corrected chi connectivity index (χ4v) is 5.38. The maximum absolute atomic E-state index is 15.9. The third-order valence-corrected chi connectivity index (χ3v) is 7.88. The highest BCUT2D eigenvalue weighted by atomic mass is 19.1. The minimum absolute atomic E-state index is 0.120. The van der Waals surface area contributed by atoms with Gasteiger partial charge in [-0.25, -0.2) is 4.39 Å². The molecule has 2 atom stereocenters. The fourth-order valence-electron chi connectivity index (χ4n) is 5.38. The Kier molecular flexibility index (Phi) is 10.4. The van der Waals surface area contributed by atoms with Gasteiger partial charge in [0.15, 0.2) is 5.82 Å². The molecule has 8 heteroatoms. The quantitative estimate of drug-likeness (QED) is 0.263. The number of rotatable bonds is 13. The molecule has 0 bridgehead atoms. The van der Waals surface area contributed by atoms with E-state index >= 15 is 4.39 Å². The lowest BCUT2D eigenvalue weighted by atomic mass is 9.93. The van der Waals surface area contributed by atoms with Gasteiger partial charge in [0, 0.05) is 25.0 Å². The number of hydrogen-bond donors (Lipinski definition) is 3. The van der Waals surface area contributed by atoms with Gasteiger partial charge in [-0.15, -0.1) is 0 Å². The number of hydrogen-bond acceptors (Lipinski definition) is 5. The van der Waals surface area contributed by atoms with Gasteiger partial charge in [0.05, 0.1) is 30.5 Å². The molecular formula is C34H42FN3O4. The summed E-state index contributed by atoms with van der Waals surface area (Å²) in [7, 11) is 1.62. The van der Waals surface area contributed by atoms with Crippen molar-refractivity contribution in [1.82, 2.24) is 10.6 Å². The van der Waals surface area contributed by atoms with E-state index in [0.29, 0.717) is 32.2 Å². The van der Waals surface area contributed by atoms with Gasteiger partial charge in [-0.3, -0.25) is 9.59 Å². The molecule has 3 aromatic rings. The average molecular weight is 576 g/mol. The Morgan fingerprint density at radius 3 is 2.52 bits per heavy atom.